The van der Waals surface area contributed by atoms with E-state index in [1.807, 2.05) is 0 Å². The number of hydrogen-bond donors (Lipinski definition) is 1. The van der Waals surface area contributed by atoms with Crippen LogP contribution in [0.3, 0.4) is 0 Å². The summed E-state index contributed by atoms with van der Waals surface area (Å²) < 4.78 is 6.35. The number of thiol groups is 1. The van der Waals surface area contributed by atoms with E-state index in [1.54, 1.807) is 0 Å². The standard InChI is InChI=1S/C10H26OSSi2/c1-8-10(3,4)11-14(12,9-2)13(5,6)7/h12H,8-9H2,1-7H3. The van der Waals surface area contributed by atoms with Crippen molar-refractivity contribution in [1.29, 1.82) is 0 Å². The van der Waals surface area contributed by atoms with Gasteiger partial charge in [-0.25, -0.2) is 0 Å². The van der Waals surface area contributed by atoms with Gasteiger partial charge in [-0.05, 0) is 26.3 Å². The molecule has 1 atom stereocenters. The maximum Gasteiger partial charge on any atom is 0.235 e. The molecule has 0 fully saturated rings. The summed E-state index contributed by atoms with van der Waals surface area (Å²) in [6, 6.07) is 1.12. The summed E-state index contributed by atoms with van der Waals surface area (Å²) in [6.45, 7) is 14.2. The van der Waals surface area contributed by atoms with E-state index < -0.39 is 14.6 Å². The normalized spacial score (nSPS) is 18.0. The molecule has 0 radical (unpaired) electrons. The van der Waals surface area contributed by atoms with Crippen LogP contribution in [0.25, 0.3) is 0 Å². The second kappa shape index (κ2) is 4.72. The zero-order valence-electron chi connectivity index (χ0n) is 10.8. The first-order valence-corrected chi connectivity index (χ1v) is 13.4. The molecule has 4 heteroatoms. The molecule has 0 amide bonds. The Morgan fingerprint density at radius 1 is 1.14 bits per heavy atom. The van der Waals surface area contributed by atoms with Gasteiger partial charge in [0.05, 0.1) is 13.2 Å². The van der Waals surface area contributed by atoms with Gasteiger partial charge in [-0.3, -0.25) is 0 Å². The molecule has 0 aliphatic heterocycles. The Labute approximate surface area is 96.6 Å². The van der Waals surface area contributed by atoms with E-state index in [4.69, 9.17) is 16.5 Å². The van der Waals surface area contributed by atoms with Crippen molar-refractivity contribution in [2.24, 2.45) is 0 Å². The maximum atomic E-state index is 6.35. The van der Waals surface area contributed by atoms with Crippen LogP contribution in [-0.2, 0) is 4.43 Å². The van der Waals surface area contributed by atoms with E-state index >= 15 is 0 Å². The Morgan fingerprint density at radius 2 is 1.57 bits per heavy atom. The van der Waals surface area contributed by atoms with Gasteiger partial charge in [-0.1, -0.05) is 33.5 Å². The summed E-state index contributed by atoms with van der Waals surface area (Å²) in [4.78, 5) is 0. The average Bonchev–Trinajstić information content (AvgIpc) is 2.01. The van der Waals surface area contributed by atoms with Crippen molar-refractivity contribution in [3.8, 4) is 0 Å². The molecule has 0 heterocycles. The smallest absolute Gasteiger partial charge is 0.235 e. The molecule has 0 aromatic heterocycles. The van der Waals surface area contributed by atoms with Crippen molar-refractivity contribution >= 4 is 26.7 Å². The molecule has 0 aliphatic carbocycles. The van der Waals surface area contributed by atoms with Crippen LogP contribution in [0.2, 0.25) is 25.7 Å². The third-order valence-electron chi connectivity index (χ3n) is 2.95. The molecule has 0 N–H and O–H groups in total. The molecule has 14 heavy (non-hydrogen) atoms. The van der Waals surface area contributed by atoms with E-state index in [0.29, 0.717) is 0 Å². The highest BCUT2D eigenvalue weighted by Crippen LogP contribution is 2.33. The highest BCUT2D eigenvalue weighted by atomic mass is 32.3. The summed E-state index contributed by atoms with van der Waals surface area (Å²) in [5, 5.41) is 0. The first-order valence-electron chi connectivity index (χ1n) is 5.50. The lowest BCUT2D eigenvalue weighted by Crippen LogP contribution is -2.58. The predicted octanol–water partition coefficient (Wildman–Crippen LogP) is 4.00. The lowest BCUT2D eigenvalue weighted by molar-refractivity contribution is 0.104. The van der Waals surface area contributed by atoms with Gasteiger partial charge in [0.1, 0.15) is 0 Å². The maximum absolute atomic E-state index is 6.35. The van der Waals surface area contributed by atoms with Crippen molar-refractivity contribution in [3.63, 3.8) is 0 Å². The van der Waals surface area contributed by atoms with Gasteiger partial charge < -0.3 is 4.43 Å². The third-order valence-corrected chi connectivity index (χ3v) is 22.8. The van der Waals surface area contributed by atoms with Crippen molar-refractivity contribution in [3.05, 3.63) is 0 Å². The Morgan fingerprint density at radius 3 is 1.79 bits per heavy atom. The molecule has 1 unspecified atom stereocenters. The molecule has 0 saturated heterocycles. The fourth-order valence-electron chi connectivity index (χ4n) is 1.28. The minimum absolute atomic E-state index is 0.00423. The minimum atomic E-state index is -1.75. The fourth-order valence-corrected chi connectivity index (χ4v) is 9.53. The van der Waals surface area contributed by atoms with Crippen molar-refractivity contribution in [1.82, 2.24) is 0 Å². The Kier molecular flexibility index (Phi) is 4.97. The van der Waals surface area contributed by atoms with Crippen molar-refractivity contribution in [2.75, 3.05) is 0 Å². The molecular weight excluding hydrogens is 224 g/mol. The van der Waals surface area contributed by atoms with Crippen LogP contribution in [0.4, 0.5) is 0 Å². The highest BCUT2D eigenvalue weighted by molar-refractivity contribution is 8.21. The molecule has 0 saturated carbocycles. The van der Waals surface area contributed by atoms with Gasteiger partial charge in [-0.2, -0.15) is 12.1 Å². The molecule has 0 rings (SSSR count). The summed E-state index contributed by atoms with van der Waals surface area (Å²) in [5.41, 5.74) is 0.00423. The Bertz CT molecular complexity index is 189. The summed E-state index contributed by atoms with van der Waals surface area (Å²) in [5.74, 6) is 0. The largest absolute Gasteiger partial charge is 0.405 e. The topological polar surface area (TPSA) is 9.23 Å². The zero-order valence-corrected chi connectivity index (χ0v) is 13.7. The summed E-state index contributed by atoms with van der Waals surface area (Å²) in [6.07, 6.45) is 1.06. The van der Waals surface area contributed by atoms with Gasteiger partial charge in [0.15, 0.2) is 0 Å². The molecular formula is C10H26OSSi2. The van der Waals surface area contributed by atoms with Crippen molar-refractivity contribution in [2.45, 2.75) is 65.4 Å². The average molecular weight is 251 g/mol. The van der Waals surface area contributed by atoms with Crippen molar-refractivity contribution < 1.29 is 4.43 Å². The quantitative estimate of drug-likeness (QED) is 0.573. The minimum Gasteiger partial charge on any atom is -0.405 e. The second-order valence-electron chi connectivity index (χ2n) is 5.60. The number of hydrogen-bond acceptors (Lipinski definition) is 2. The third kappa shape index (κ3) is 3.72. The highest BCUT2D eigenvalue weighted by Gasteiger charge is 2.46. The van der Waals surface area contributed by atoms with Crippen LogP contribution >= 0.6 is 12.1 Å². The first-order chi connectivity index (χ1) is 6.08. The molecule has 0 aliphatic rings. The molecule has 0 bridgehead atoms. The van der Waals surface area contributed by atoms with Crippen LogP contribution in [0, 0.1) is 0 Å². The van der Waals surface area contributed by atoms with Crippen LogP contribution in [-0.4, -0.2) is 20.2 Å². The van der Waals surface area contributed by atoms with E-state index in [1.165, 1.54) is 0 Å². The van der Waals surface area contributed by atoms with Gasteiger partial charge in [-0.15, -0.1) is 0 Å². The Balaban J connectivity index is 4.74. The lowest BCUT2D eigenvalue weighted by Gasteiger charge is -2.42. The van der Waals surface area contributed by atoms with Crippen LogP contribution in [0.15, 0.2) is 0 Å². The molecule has 1 nitrogen and oxygen atoms in total. The van der Waals surface area contributed by atoms with E-state index in [0.717, 1.165) is 12.5 Å². The van der Waals surface area contributed by atoms with E-state index in [9.17, 15) is 0 Å². The molecule has 0 spiro atoms. The lowest BCUT2D eigenvalue weighted by atomic mass is 10.1. The molecule has 0 aromatic carbocycles. The molecule has 0 aromatic rings. The summed E-state index contributed by atoms with van der Waals surface area (Å²) in [7, 11) is -1.26. The van der Waals surface area contributed by atoms with Gasteiger partial charge in [0, 0.05) is 0 Å². The molecule has 86 valence electrons. The SMILES string of the molecule is CCC(C)(C)O[Si](S)(CC)[Si](C)(C)C. The first kappa shape index (κ1) is 14.7. The van der Waals surface area contributed by atoms with Crippen LogP contribution in [0.1, 0.15) is 34.1 Å². The van der Waals surface area contributed by atoms with Gasteiger partial charge in [0.25, 0.3) is 0 Å². The Hall–Kier alpha value is 0.744. The second-order valence-corrected chi connectivity index (χ2v) is 22.9. The zero-order chi connectivity index (χ0) is 11.6. The van der Waals surface area contributed by atoms with E-state index in [2.05, 4.69) is 47.3 Å². The predicted molar refractivity (Wildman–Crippen MR) is 74.0 cm³/mol. The van der Waals surface area contributed by atoms with Crippen LogP contribution in [0.5, 0.6) is 0 Å². The van der Waals surface area contributed by atoms with E-state index in [-0.39, 0.29) is 5.60 Å². The summed E-state index contributed by atoms with van der Waals surface area (Å²) >= 11 is 4.92. The fraction of sp³-hybridized carbons (Fsp3) is 1.00. The van der Waals surface area contributed by atoms with Crippen LogP contribution < -0.4 is 0 Å². The number of rotatable bonds is 5. The monoisotopic (exact) mass is 250 g/mol. The van der Waals surface area contributed by atoms with Gasteiger partial charge >= 0.3 is 0 Å². The van der Waals surface area contributed by atoms with Gasteiger partial charge in [0.2, 0.25) is 6.98 Å².